The number of rotatable bonds is 10. The highest BCUT2D eigenvalue weighted by atomic mass is 15.0. The average molecular weight is 1230 g/mol. The second-order valence-corrected chi connectivity index (χ2v) is 23.9. The highest BCUT2D eigenvalue weighted by Crippen LogP contribution is 2.47. The van der Waals surface area contributed by atoms with Gasteiger partial charge in [-0.15, -0.1) is 0 Å². The molecule has 17 aromatic rings. The summed E-state index contributed by atoms with van der Waals surface area (Å²) in [5.74, 6) is 0.530. The summed E-state index contributed by atoms with van der Waals surface area (Å²) in [6.07, 6.45) is 0. The van der Waals surface area contributed by atoms with E-state index in [1.54, 1.807) is 0 Å². The summed E-state index contributed by atoms with van der Waals surface area (Å²) in [7, 11) is 0. The van der Waals surface area contributed by atoms with Gasteiger partial charge in [0.25, 0.3) is 0 Å². The predicted octanol–water partition coefficient (Wildman–Crippen LogP) is 20.2. The van der Waals surface area contributed by atoms with Crippen LogP contribution < -0.4 is 0 Å². The Labute approximate surface area is 556 Å². The van der Waals surface area contributed by atoms with Crippen molar-refractivity contribution in [2.75, 3.05) is 0 Å². The fraction of sp³-hybridized carbons (Fsp3) is 0. The number of pyridine rings is 1. The van der Waals surface area contributed by atoms with Gasteiger partial charge in [-0.3, -0.25) is 0 Å². The summed E-state index contributed by atoms with van der Waals surface area (Å²) < 4.78 is 6.61. The smallest absolute Gasteiger partial charge is 0.161 e. The zero-order valence-corrected chi connectivity index (χ0v) is 51.6. The molecule has 11 nitrogen and oxygen atoms in total. The van der Waals surface area contributed by atoms with E-state index in [0.717, 1.165) is 144 Å². The fourth-order valence-corrected chi connectivity index (χ4v) is 14.0. The topological polar surface area (TPSA) is 172 Å². The van der Waals surface area contributed by atoms with E-state index < -0.39 is 0 Å². The van der Waals surface area contributed by atoms with Gasteiger partial charge in [0, 0.05) is 82.8 Å². The molecule has 0 aliphatic heterocycles. The summed E-state index contributed by atoms with van der Waals surface area (Å²) >= 11 is 0. The SMILES string of the molecule is N#Cc1ccc2c(c1)c1ccccc1n2-c1ccc(-c2c(-c3ccccc3-c3nc(-c4ccccc4)cc(-c4ccccc4)n3)cc(-c3cccc(-n4c5ccc(C#N)cc5c5cc(C#N)ccc54)c3)nc2-c2cccc(-n3c4ccc(C#N)cc4c4cc(C#N)ccc43)c2)cc1. The molecule has 0 saturated heterocycles. The first kappa shape index (κ1) is 56.7. The number of fused-ring (bicyclic) bond motifs is 9. The molecular formula is C86H47N11. The summed E-state index contributed by atoms with van der Waals surface area (Å²) in [5.41, 5.74) is 21.3. The Bertz CT molecular complexity index is 6180. The van der Waals surface area contributed by atoms with E-state index in [4.69, 9.17) is 15.0 Å². The molecule has 0 amide bonds. The van der Waals surface area contributed by atoms with E-state index in [-0.39, 0.29) is 0 Å². The van der Waals surface area contributed by atoms with Gasteiger partial charge < -0.3 is 13.7 Å². The summed E-state index contributed by atoms with van der Waals surface area (Å²) in [5, 5.41) is 56.1. The molecule has 0 spiro atoms. The zero-order valence-electron chi connectivity index (χ0n) is 51.6. The van der Waals surface area contributed by atoms with Gasteiger partial charge in [0.15, 0.2) is 5.82 Å². The Hall–Kier alpha value is -14.3. The van der Waals surface area contributed by atoms with E-state index in [9.17, 15) is 26.3 Å². The number of hydrogen-bond acceptors (Lipinski definition) is 8. The van der Waals surface area contributed by atoms with Crippen molar-refractivity contribution in [3.8, 4) is 126 Å². The van der Waals surface area contributed by atoms with Crippen molar-refractivity contribution in [3.63, 3.8) is 0 Å². The van der Waals surface area contributed by atoms with Gasteiger partial charge in [0.2, 0.25) is 0 Å². The van der Waals surface area contributed by atoms with Crippen LogP contribution in [0.2, 0.25) is 0 Å². The highest BCUT2D eigenvalue weighted by Gasteiger charge is 2.25. The molecule has 0 unspecified atom stereocenters. The largest absolute Gasteiger partial charge is 0.309 e. The lowest BCUT2D eigenvalue weighted by Gasteiger charge is -2.21. The van der Waals surface area contributed by atoms with Crippen molar-refractivity contribution in [1.82, 2.24) is 28.7 Å². The molecular weight excluding hydrogens is 1190 g/mol. The predicted molar refractivity (Wildman–Crippen MR) is 384 cm³/mol. The number of nitriles is 5. The first-order chi connectivity index (χ1) is 47.8. The molecule has 0 N–H and O–H groups in total. The van der Waals surface area contributed by atoms with E-state index >= 15 is 0 Å². The third-order valence-electron chi connectivity index (χ3n) is 18.4. The zero-order chi connectivity index (χ0) is 65.3. The van der Waals surface area contributed by atoms with Crippen LogP contribution in [0.1, 0.15) is 27.8 Å². The Morgan fingerprint density at radius 1 is 0.237 bits per heavy atom. The molecule has 11 heteroatoms. The van der Waals surface area contributed by atoms with E-state index in [2.05, 4.69) is 178 Å². The summed E-state index contributed by atoms with van der Waals surface area (Å²) in [6.45, 7) is 0. The van der Waals surface area contributed by atoms with Gasteiger partial charge in [-0.1, -0.05) is 140 Å². The first-order valence-corrected chi connectivity index (χ1v) is 31.5. The molecule has 5 heterocycles. The second-order valence-electron chi connectivity index (χ2n) is 23.9. The summed E-state index contributed by atoms with van der Waals surface area (Å²) in [4.78, 5) is 16.8. The minimum atomic E-state index is 0.510. The van der Waals surface area contributed by atoms with Gasteiger partial charge in [-0.25, -0.2) is 15.0 Å². The highest BCUT2D eigenvalue weighted by molar-refractivity contribution is 6.13. The van der Waals surface area contributed by atoms with Gasteiger partial charge in [-0.05, 0) is 162 Å². The van der Waals surface area contributed by atoms with Crippen LogP contribution in [-0.2, 0) is 0 Å². The standard InChI is InChI=1S/C86H47N11/c87-48-53-25-34-79-69(39-53)67-22-9-10-24-78(67)95(79)63-32-30-60(31-33-63)84-74(66-21-7-8-23-68(66)86-93-76(58-13-3-1-4-14-58)47-77(94-86)59-15-5-2-6-16-59)46-75(61-17-11-19-64(44-61)96-80-35-26-54(49-88)40-70(80)71-41-55(50-89)27-36-81(71)96)92-85(84)62-18-12-20-65(45-62)97-82-37-28-56(51-90)42-72(82)73-43-57(52-91)29-38-83(73)97/h1-47H. The van der Waals surface area contributed by atoms with Crippen LogP contribution in [-0.4, -0.2) is 28.7 Å². The van der Waals surface area contributed by atoms with Crippen LogP contribution in [0.15, 0.2) is 285 Å². The maximum Gasteiger partial charge on any atom is 0.161 e. The summed E-state index contributed by atoms with van der Waals surface area (Å²) in [6, 6.07) is 107. The maximum absolute atomic E-state index is 10.2. The molecule has 12 aromatic carbocycles. The van der Waals surface area contributed by atoms with Crippen LogP contribution >= 0.6 is 0 Å². The van der Waals surface area contributed by atoms with Gasteiger partial charge >= 0.3 is 0 Å². The third-order valence-corrected chi connectivity index (χ3v) is 18.4. The lowest BCUT2D eigenvalue weighted by atomic mass is 9.87. The molecule has 446 valence electrons. The quantitative estimate of drug-likeness (QED) is 0.130. The molecule has 0 saturated carbocycles. The number of benzene rings is 12. The molecule has 0 bridgehead atoms. The Balaban J connectivity index is 0.958. The normalized spacial score (nSPS) is 11.2. The van der Waals surface area contributed by atoms with E-state index in [1.807, 2.05) is 152 Å². The number of hydrogen-bond donors (Lipinski definition) is 0. The molecule has 0 radical (unpaired) electrons. The van der Waals surface area contributed by atoms with Gasteiger partial charge in [0.05, 0.1) is 114 Å². The van der Waals surface area contributed by atoms with Crippen molar-refractivity contribution in [2.24, 2.45) is 0 Å². The fourth-order valence-electron chi connectivity index (χ4n) is 14.0. The molecule has 17 rings (SSSR count). The monoisotopic (exact) mass is 1230 g/mol. The van der Waals surface area contributed by atoms with E-state index in [1.165, 1.54) is 0 Å². The molecule has 0 atom stereocenters. The van der Waals surface area contributed by atoms with Crippen molar-refractivity contribution in [2.45, 2.75) is 0 Å². The minimum absolute atomic E-state index is 0.510. The Morgan fingerprint density at radius 3 is 1.10 bits per heavy atom. The van der Waals surface area contributed by atoms with Crippen molar-refractivity contribution in [3.05, 3.63) is 313 Å². The molecule has 97 heavy (non-hydrogen) atoms. The van der Waals surface area contributed by atoms with Crippen molar-refractivity contribution >= 4 is 65.4 Å². The second kappa shape index (κ2) is 23.1. The number of para-hydroxylation sites is 1. The van der Waals surface area contributed by atoms with Gasteiger partial charge in [-0.2, -0.15) is 26.3 Å². The first-order valence-electron chi connectivity index (χ1n) is 31.5. The molecule has 0 fully saturated rings. The molecule has 0 aliphatic rings. The van der Waals surface area contributed by atoms with Crippen LogP contribution in [0.4, 0.5) is 0 Å². The van der Waals surface area contributed by atoms with Crippen LogP contribution in [0, 0.1) is 56.7 Å². The Morgan fingerprint density at radius 2 is 0.619 bits per heavy atom. The number of nitrogens with zero attached hydrogens (tertiary/aromatic N) is 11. The van der Waals surface area contributed by atoms with Crippen LogP contribution in [0.5, 0.6) is 0 Å². The number of aromatic nitrogens is 6. The maximum atomic E-state index is 10.2. The minimum Gasteiger partial charge on any atom is -0.309 e. The van der Waals surface area contributed by atoms with E-state index in [0.29, 0.717) is 45.0 Å². The third kappa shape index (κ3) is 9.59. The van der Waals surface area contributed by atoms with Crippen LogP contribution in [0.3, 0.4) is 0 Å². The van der Waals surface area contributed by atoms with Crippen molar-refractivity contribution in [1.29, 1.82) is 26.3 Å². The molecule has 5 aromatic heterocycles. The lowest BCUT2D eigenvalue weighted by Crippen LogP contribution is -2.02. The Kier molecular flexibility index (Phi) is 13.5. The average Bonchev–Trinajstić information content (AvgIpc) is 1.73. The van der Waals surface area contributed by atoms with Gasteiger partial charge in [0.1, 0.15) is 0 Å². The lowest BCUT2D eigenvalue weighted by molar-refractivity contribution is 1.17. The molecule has 0 aliphatic carbocycles. The van der Waals surface area contributed by atoms with Crippen molar-refractivity contribution < 1.29 is 0 Å². The van der Waals surface area contributed by atoms with Crippen LogP contribution in [0.25, 0.3) is 161 Å².